The van der Waals surface area contributed by atoms with E-state index >= 15 is 0 Å². The Morgan fingerprint density at radius 3 is 2.84 bits per heavy atom. The van der Waals surface area contributed by atoms with Gasteiger partial charge in [0, 0.05) is 35.9 Å². The second kappa shape index (κ2) is 5.34. The van der Waals surface area contributed by atoms with Crippen molar-refractivity contribution >= 4 is 17.3 Å². The lowest BCUT2D eigenvalue weighted by atomic mass is 10.1. The average molecular weight is 279 g/mol. The Hall–Kier alpha value is -0.730. The van der Waals surface area contributed by atoms with E-state index in [1.54, 1.807) is 0 Å². The van der Waals surface area contributed by atoms with E-state index in [4.69, 9.17) is 11.6 Å². The molecular weight excluding hydrogens is 256 g/mol. The van der Waals surface area contributed by atoms with Crippen LogP contribution in [-0.4, -0.2) is 18.6 Å². The molecule has 1 heterocycles. The maximum Gasteiger partial charge on any atom is 0.0429 e. The first-order valence-electron chi connectivity index (χ1n) is 7.42. The Bertz CT molecular complexity index is 458. The number of hydrogen-bond acceptors (Lipinski definition) is 2. The third-order valence-corrected chi connectivity index (χ3v) is 4.70. The molecule has 3 heteroatoms. The van der Waals surface area contributed by atoms with Crippen molar-refractivity contribution in [2.45, 2.75) is 51.7 Å². The minimum atomic E-state index is 0.513. The van der Waals surface area contributed by atoms with E-state index in [1.165, 1.54) is 37.1 Å². The minimum Gasteiger partial charge on any atom is -0.368 e. The van der Waals surface area contributed by atoms with Gasteiger partial charge in [-0.05, 0) is 42.9 Å². The van der Waals surface area contributed by atoms with E-state index in [2.05, 4.69) is 36.2 Å². The molecular formula is C16H23ClN2. The van der Waals surface area contributed by atoms with Crippen molar-refractivity contribution in [1.82, 2.24) is 5.32 Å². The molecule has 3 rings (SSSR count). The van der Waals surface area contributed by atoms with Gasteiger partial charge in [-0.25, -0.2) is 0 Å². The molecule has 1 aliphatic heterocycles. The van der Waals surface area contributed by atoms with Gasteiger partial charge in [0.05, 0.1) is 0 Å². The molecule has 0 aromatic heterocycles. The number of fused-ring (bicyclic) bond motifs is 2. The van der Waals surface area contributed by atoms with Gasteiger partial charge in [-0.2, -0.15) is 0 Å². The van der Waals surface area contributed by atoms with Crippen LogP contribution < -0.4 is 10.2 Å². The lowest BCUT2D eigenvalue weighted by molar-refractivity contribution is 0.548. The van der Waals surface area contributed by atoms with Crippen molar-refractivity contribution < 1.29 is 0 Å². The van der Waals surface area contributed by atoms with Crippen LogP contribution in [0.3, 0.4) is 0 Å². The normalized spacial score (nSPS) is 25.6. The summed E-state index contributed by atoms with van der Waals surface area (Å²) in [4.78, 5) is 2.59. The fourth-order valence-electron chi connectivity index (χ4n) is 3.49. The van der Waals surface area contributed by atoms with Crippen LogP contribution in [0.5, 0.6) is 0 Å². The van der Waals surface area contributed by atoms with Crippen molar-refractivity contribution in [3.8, 4) is 0 Å². The van der Waals surface area contributed by atoms with Crippen molar-refractivity contribution in [3.63, 3.8) is 0 Å². The van der Waals surface area contributed by atoms with Gasteiger partial charge in [-0.1, -0.05) is 31.5 Å². The van der Waals surface area contributed by atoms with Crippen molar-refractivity contribution in [1.29, 1.82) is 0 Å². The predicted octanol–water partition coefficient (Wildman–Crippen LogP) is 3.83. The van der Waals surface area contributed by atoms with Crippen molar-refractivity contribution in [2.24, 2.45) is 5.92 Å². The first-order valence-corrected chi connectivity index (χ1v) is 7.79. The number of nitrogens with zero attached hydrogens (tertiary/aromatic N) is 1. The van der Waals surface area contributed by atoms with Gasteiger partial charge in [-0.15, -0.1) is 0 Å². The monoisotopic (exact) mass is 278 g/mol. The highest BCUT2D eigenvalue weighted by atomic mass is 35.5. The zero-order valence-electron chi connectivity index (χ0n) is 11.8. The van der Waals surface area contributed by atoms with Gasteiger partial charge in [-0.3, -0.25) is 0 Å². The van der Waals surface area contributed by atoms with Gasteiger partial charge in [0.1, 0.15) is 0 Å². The molecule has 2 aliphatic rings. The van der Waals surface area contributed by atoms with Crippen LogP contribution in [0.4, 0.5) is 5.69 Å². The fourth-order valence-corrected chi connectivity index (χ4v) is 3.65. The second-order valence-corrected chi connectivity index (χ2v) is 6.73. The maximum absolute atomic E-state index is 6.21. The SMILES string of the molecule is CC(C)NCc1ccc(Cl)cc1N1CC2CCC1C2. The number of hydrogen-bond donors (Lipinski definition) is 1. The second-order valence-electron chi connectivity index (χ2n) is 6.29. The summed E-state index contributed by atoms with van der Waals surface area (Å²) >= 11 is 6.21. The van der Waals surface area contributed by atoms with Gasteiger partial charge in [0.25, 0.3) is 0 Å². The number of anilines is 1. The Kier molecular flexibility index (Phi) is 3.72. The van der Waals surface area contributed by atoms with Crippen LogP contribution in [0, 0.1) is 5.92 Å². The summed E-state index contributed by atoms with van der Waals surface area (Å²) in [6.45, 7) is 6.53. The zero-order valence-corrected chi connectivity index (χ0v) is 12.6. The van der Waals surface area contributed by atoms with Crippen LogP contribution >= 0.6 is 11.6 Å². The van der Waals surface area contributed by atoms with Crippen molar-refractivity contribution in [2.75, 3.05) is 11.4 Å². The summed E-state index contributed by atoms with van der Waals surface area (Å²) in [5.41, 5.74) is 2.73. The Labute approximate surface area is 121 Å². The molecule has 2 bridgehead atoms. The molecule has 1 aromatic rings. The summed E-state index contributed by atoms with van der Waals surface area (Å²) in [5.74, 6) is 0.912. The number of halogens is 1. The lowest BCUT2D eigenvalue weighted by Crippen LogP contribution is -2.33. The smallest absolute Gasteiger partial charge is 0.0429 e. The quantitative estimate of drug-likeness (QED) is 0.901. The highest BCUT2D eigenvalue weighted by molar-refractivity contribution is 6.30. The number of rotatable bonds is 4. The molecule has 1 aromatic carbocycles. The van der Waals surface area contributed by atoms with E-state index in [0.717, 1.165) is 23.5 Å². The van der Waals surface area contributed by atoms with Gasteiger partial charge >= 0.3 is 0 Å². The Morgan fingerprint density at radius 2 is 2.21 bits per heavy atom. The summed E-state index contributed by atoms with van der Waals surface area (Å²) in [5, 5.41) is 4.37. The van der Waals surface area contributed by atoms with E-state index < -0.39 is 0 Å². The Morgan fingerprint density at radius 1 is 1.37 bits per heavy atom. The van der Waals surface area contributed by atoms with Gasteiger partial charge in [0.15, 0.2) is 0 Å². The third kappa shape index (κ3) is 2.75. The molecule has 0 radical (unpaired) electrons. The lowest BCUT2D eigenvalue weighted by Gasteiger charge is -2.31. The number of nitrogens with one attached hydrogen (secondary N) is 1. The number of benzene rings is 1. The first kappa shape index (κ1) is 13.3. The molecule has 2 nitrogen and oxygen atoms in total. The highest BCUT2D eigenvalue weighted by Crippen LogP contribution is 2.41. The van der Waals surface area contributed by atoms with Crippen LogP contribution in [-0.2, 0) is 6.54 Å². The minimum absolute atomic E-state index is 0.513. The molecule has 1 saturated carbocycles. The molecule has 1 saturated heterocycles. The van der Waals surface area contributed by atoms with Gasteiger partial charge < -0.3 is 10.2 Å². The van der Waals surface area contributed by atoms with E-state index in [1.807, 2.05) is 6.07 Å². The number of piperidine rings is 1. The first-order chi connectivity index (χ1) is 9.13. The predicted molar refractivity (Wildman–Crippen MR) is 81.9 cm³/mol. The summed E-state index contributed by atoms with van der Waals surface area (Å²) in [7, 11) is 0. The zero-order chi connectivity index (χ0) is 13.4. The van der Waals surface area contributed by atoms with Gasteiger partial charge in [0.2, 0.25) is 0 Å². The van der Waals surface area contributed by atoms with Crippen LogP contribution in [0.25, 0.3) is 0 Å². The molecule has 104 valence electrons. The Balaban J connectivity index is 1.84. The maximum atomic E-state index is 6.21. The van der Waals surface area contributed by atoms with Crippen molar-refractivity contribution in [3.05, 3.63) is 28.8 Å². The molecule has 2 unspecified atom stereocenters. The van der Waals surface area contributed by atoms with Crippen LogP contribution in [0.15, 0.2) is 18.2 Å². The third-order valence-electron chi connectivity index (χ3n) is 4.47. The topological polar surface area (TPSA) is 15.3 Å². The molecule has 1 aliphatic carbocycles. The standard InChI is InChI=1S/C16H23ClN2/c1-11(2)18-9-13-4-5-14(17)8-16(13)19-10-12-3-6-15(19)7-12/h4-5,8,11-12,15,18H,3,6-7,9-10H2,1-2H3. The highest BCUT2D eigenvalue weighted by Gasteiger charge is 2.38. The summed E-state index contributed by atoms with van der Waals surface area (Å²) in [6.07, 6.45) is 4.15. The van der Waals surface area contributed by atoms with Crippen LogP contribution in [0.1, 0.15) is 38.7 Å². The fraction of sp³-hybridized carbons (Fsp3) is 0.625. The molecule has 0 spiro atoms. The van der Waals surface area contributed by atoms with E-state index in [9.17, 15) is 0 Å². The molecule has 1 N–H and O–H groups in total. The van der Waals surface area contributed by atoms with Crippen LogP contribution in [0.2, 0.25) is 5.02 Å². The summed E-state index contributed by atoms with van der Waals surface area (Å²) < 4.78 is 0. The largest absolute Gasteiger partial charge is 0.368 e. The molecule has 2 fully saturated rings. The van der Waals surface area contributed by atoms with E-state index in [0.29, 0.717) is 6.04 Å². The average Bonchev–Trinajstić information content (AvgIpc) is 2.99. The summed E-state index contributed by atoms with van der Waals surface area (Å²) in [6, 6.07) is 7.61. The molecule has 0 amide bonds. The molecule has 19 heavy (non-hydrogen) atoms. The van der Waals surface area contributed by atoms with E-state index in [-0.39, 0.29) is 0 Å². The molecule has 2 atom stereocenters.